The lowest BCUT2D eigenvalue weighted by atomic mass is 9.98. The van der Waals surface area contributed by atoms with Gasteiger partial charge in [0.15, 0.2) is 0 Å². The Balaban J connectivity index is 1.81. The number of ether oxygens (including phenoxy) is 1. The van der Waals surface area contributed by atoms with Crippen molar-refractivity contribution in [3.63, 3.8) is 0 Å². The van der Waals surface area contributed by atoms with Crippen molar-refractivity contribution in [2.75, 3.05) is 18.5 Å². The third kappa shape index (κ3) is 4.26. The first-order valence-corrected chi connectivity index (χ1v) is 9.06. The molecule has 1 aromatic carbocycles. The first-order chi connectivity index (χ1) is 13.0. The van der Waals surface area contributed by atoms with E-state index in [0.29, 0.717) is 26.1 Å². The van der Waals surface area contributed by atoms with Gasteiger partial charge in [-0.3, -0.25) is 4.98 Å². The monoisotopic (exact) mass is 369 g/mol. The fraction of sp³-hybridized carbons (Fsp3) is 0.474. The number of hydrogen-bond acceptors (Lipinski definition) is 6. The first-order valence-electron chi connectivity index (χ1n) is 9.06. The Labute approximate surface area is 156 Å². The van der Waals surface area contributed by atoms with Gasteiger partial charge in [0.05, 0.1) is 18.0 Å². The van der Waals surface area contributed by atoms with E-state index in [1.165, 1.54) is 4.57 Å². The summed E-state index contributed by atoms with van der Waals surface area (Å²) in [7, 11) is 0. The van der Waals surface area contributed by atoms with Gasteiger partial charge in [-0.15, -0.1) is 0 Å². The molecule has 142 valence electrons. The molecule has 2 heterocycles. The highest BCUT2D eigenvalue weighted by Gasteiger charge is 2.20. The number of nitrogens with one attached hydrogen (secondary N) is 2. The maximum Gasteiger partial charge on any atom is 0.355 e. The summed E-state index contributed by atoms with van der Waals surface area (Å²) in [4.78, 5) is 31.4. The van der Waals surface area contributed by atoms with Crippen molar-refractivity contribution in [2.45, 2.75) is 44.7 Å². The third-order valence-electron chi connectivity index (χ3n) is 4.87. The predicted molar refractivity (Wildman–Crippen MR) is 101 cm³/mol. The average molecular weight is 369 g/mol. The zero-order valence-corrected chi connectivity index (χ0v) is 15.4. The fourth-order valence-corrected chi connectivity index (χ4v) is 3.22. The van der Waals surface area contributed by atoms with Crippen molar-refractivity contribution in [2.24, 2.45) is 0 Å². The minimum atomic E-state index is -0.563. The van der Waals surface area contributed by atoms with Gasteiger partial charge < -0.3 is 10.1 Å². The minimum absolute atomic E-state index is 0.138. The van der Waals surface area contributed by atoms with Gasteiger partial charge in [0.1, 0.15) is 0 Å². The van der Waals surface area contributed by atoms with Gasteiger partial charge in [-0.25, -0.2) is 14.2 Å². The molecule has 1 unspecified atom stereocenters. The van der Waals surface area contributed by atoms with E-state index in [0.717, 1.165) is 11.1 Å². The topological polar surface area (TPSA) is 113 Å². The molecule has 1 aromatic heterocycles. The van der Waals surface area contributed by atoms with Crippen LogP contribution in [0.2, 0.25) is 0 Å². The number of anilines is 1. The summed E-state index contributed by atoms with van der Waals surface area (Å²) in [5.74, 6) is -0.0713. The smallest absolute Gasteiger partial charge is 0.355 e. The van der Waals surface area contributed by atoms with E-state index in [1.54, 1.807) is 0 Å². The Morgan fingerprint density at radius 2 is 2.00 bits per heavy atom. The number of nitrogens with zero attached hydrogens (tertiary/aromatic N) is 3. The molecule has 27 heavy (non-hydrogen) atoms. The van der Waals surface area contributed by atoms with Gasteiger partial charge in [0, 0.05) is 19.3 Å². The van der Waals surface area contributed by atoms with Gasteiger partial charge in [-0.05, 0) is 37.8 Å². The highest BCUT2D eigenvalue weighted by molar-refractivity contribution is 5.35. The molecule has 2 atom stereocenters. The Hall–Kier alpha value is -2.92. The molecular formula is C19H23N5O3. The molecule has 1 aliphatic heterocycles. The van der Waals surface area contributed by atoms with Crippen LogP contribution in [0.25, 0.3) is 0 Å². The first kappa shape index (κ1) is 18.9. The van der Waals surface area contributed by atoms with Crippen molar-refractivity contribution in [1.82, 2.24) is 14.5 Å². The van der Waals surface area contributed by atoms with E-state index in [4.69, 9.17) is 10.00 Å². The van der Waals surface area contributed by atoms with Crippen molar-refractivity contribution < 1.29 is 4.74 Å². The SMILES string of the molecule is CC(C#N)c1cccc([C@H](C)Nc2nc(=O)n(C3CCOCC3)c(=O)[nH]2)c1. The van der Waals surface area contributed by atoms with Crippen molar-refractivity contribution >= 4 is 5.95 Å². The fourth-order valence-electron chi connectivity index (χ4n) is 3.22. The normalized spacial score (nSPS) is 17.1. The van der Waals surface area contributed by atoms with Gasteiger partial charge in [-0.1, -0.05) is 24.3 Å². The molecule has 1 saturated heterocycles. The Morgan fingerprint density at radius 1 is 1.30 bits per heavy atom. The van der Waals surface area contributed by atoms with Crippen LogP contribution in [0.5, 0.6) is 0 Å². The van der Waals surface area contributed by atoms with Crippen LogP contribution in [0, 0.1) is 11.3 Å². The summed E-state index contributed by atoms with van der Waals surface area (Å²) in [5, 5.41) is 12.2. The number of nitriles is 1. The number of hydrogen-bond donors (Lipinski definition) is 2. The van der Waals surface area contributed by atoms with Crippen LogP contribution in [-0.4, -0.2) is 27.7 Å². The number of rotatable bonds is 5. The Morgan fingerprint density at radius 3 is 2.67 bits per heavy atom. The molecule has 0 spiro atoms. The summed E-state index contributed by atoms with van der Waals surface area (Å²) in [6, 6.07) is 9.48. The van der Waals surface area contributed by atoms with E-state index < -0.39 is 11.4 Å². The molecule has 3 rings (SSSR count). The van der Waals surface area contributed by atoms with E-state index in [2.05, 4.69) is 21.4 Å². The van der Waals surface area contributed by atoms with Crippen LogP contribution in [0.15, 0.2) is 33.9 Å². The van der Waals surface area contributed by atoms with Crippen LogP contribution >= 0.6 is 0 Å². The Kier molecular flexibility index (Phi) is 5.72. The summed E-state index contributed by atoms with van der Waals surface area (Å²) in [5.41, 5.74) is 0.821. The zero-order valence-electron chi connectivity index (χ0n) is 15.4. The standard InChI is InChI=1S/C19H23N5O3/c1-12(11-20)14-4-3-5-15(10-14)13(2)21-17-22-18(25)24(19(26)23-17)16-6-8-27-9-7-16/h3-5,10,12-13,16H,6-9H2,1-2H3,(H2,21,22,23,25,26)/t12?,13-/m0/s1. The van der Waals surface area contributed by atoms with Crippen LogP contribution in [0.1, 0.15) is 55.8 Å². The molecule has 0 radical (unpaired) electrons. The van der Waals surface area contributed by atoms with E-state index >= 15 is 0 Å². The third-order valence-corrected chi connectivity index (χ3v) is 4.87. The van der Waals surface area contributed by atoms with Crippen LogP contribution in [0.4, 0.5) is 5.95 Å². The van der Waals surface area contributed by atoms with Crippen molar-refractivity contribution in [1.29, 1.82) is 5.26 Å². The largest absolute Gasteiger partial charge is 0.381 e. The molecule has 0 aliphatic carbocycles. The molecular weight excluding hydrogens is 346 g/mol. The summed E-state index contributed by atoms with van der Waals surface area (Å²) < 4.78 is 6.45. The molecule has 2 N–H and O–H groups in total. The van der Waals surface area contributed by atoms with Gasteiger partial charge >= 0.3 is 11.4 Å². The lowest BCUT2D eigenvalue weighted by Gasteiger charge is -2.23. The van der Waals surface area contributed by atoms with Crippen LogP contribution in [-0.2, 0) is 4.74 Å². The second kappa shape index (κ2) is 8.18. The summed E-state index contributed by atoms with van der Waals surface area (Å²) in [6.45, 7) is 4.81. The Bertz CT molecular complexity index is 922. The molecule has 8 nitrogen and oxygen atoms in total. The molecule has 1 fully saturated rings. The molecule has 0 amide bonds. The van der Waals surface area contributed by atoms with E-state index in [9.17, 15) is 9.59 Å². The second-order valence-electron chi connectivity index (χ2n) is 6.77. The van der Waals surface area contributed by atoms with Crippen molar-refractivity contribution in [3.05, 3.63) is 56.4 Å². The van der Waals surface area contributed by atoms with Crippen molar-refractivity contribution in [3.8, 4) is 6.07 Å². The van der Waals surface area contributed by atoms with E-state index in [-0.39, 0.29) is 23.9 Å². The van der Waals surface area contributed by atoms with Gasteiger partial charge in [0.2, 0.25) is 5.95 Å². The van der Waals surface area contributed by atoms with Gasteiger partial charge in [-0.2, -0.15) is 10.2 Å². The predicted octanol–water partition coefficient (Wildman–Crippen LogP) is 2.08. The molecule has 8 heteroatoms. The highest BCUT2D eigenvalue weighted by atomic mass is 16.5. The lowest BCUT2D eigenvalue weighted by molar-refractivity contribution is 0.0670. The van der Waals surface area contributed by atoms with Crippen LogP contribution < -0.4 is 16.7 Å². The lowest BCUT2D eigenvalue weighted by Crippen LogP contribution is -2.42. The molecule has 2 aromatic rings. The molecule has 0 bridgehead atoms. The summed E-state index contributed by atoms with van der Waals surface area (Å²) >= 11 is 0. The molecule has 0 saturated carbocycles. The second-order valence-corrected chi connectivity index (χ2v) is 6.77. The number of benzene rings is 1. The number of aromatic amines is 1. The number of aromatic nitrogens is 3. The minimum Gasteiger partial charge on any atom is -0.381 e. The number of H-pyrrole nitrogens is 1. The zero-order chi connectivity index (χ0) is 19.4. The average Bonchev–Trinajstić information content (AvgIpc) is 2.67. The summed E-state index contributed by atoms with van der Waals surface area (Å²) in [6.07, 6.45) is 1.25. The maximum atomic E-state index is 12.4. The van der Waals surface area contributed by atoms with E-state index in [1.807, 2.05) is 38.1 Å². The maximum absolute atomic E-state index is 12.4. The quantitative estimate of drug-likeness (QED) is 0.834. The highest BCUT2D eigenvalue weighted by Crippen LogP contribution is 2.22. The molecule has 1 aliphatic rings. The van der Waals surface area contributed by atoms with Gasteiger partial charge in [0.25, 0.3) is 0 Å². The van der Waals surface area contributed by atoms with Crippen LogP contribution in [0.3, 0.4) is 0 Å².